The SMILES string of the molecule is Cc1c(C)c(N=C=O)c2c(c1N=C=O)CCC2(C)C. The first-order valence-electron chi connectivity index (χ1n) is 6.26. The molecule has 0 unspecified atom stereocenters. The van der Waals surface area contributed by atoms with Gasteiger partial charge in [0.2, 0.25) is 12.2 Å². The maximum atomic E-state index is 10.7. The first kappa shape index (κ1) is 13.4. The summed E-state index contributed by atoms with van der Waals surface area (Å²) in [6.07, 6.45) is 5.06. The van der Waals surface area contributed by atoms with Gasteiger partial charge in [0.1, 0.15) is 0 Å². The molecule has 1 aliphatic carbocycles. The van der Waals surface area contributed by atoms with Crippen molar-refractivity contribution in [1.29, 1.82) is 0 Å². The Bertz CT molecular complexity index is 647. The van der Waals surface area contributed by atoms with E-state index >= 15 is 0 Å². The zero-order valence-corrected chi connectivity index (χ0v) is 11.6. The van der Waals surface area contributed by atoms with E-state index in [0.29, 0.717) is 11.4 Å². The third-order valence-corrected chi connectivity index (χ3v) is 4.09. The molecule has 19 heavy (non-hydrogen) atoms. The molecule has 0 amide bonds. The maximum Gasteiger partial charge on any atom is 0.240 e. The third-order valence-electron chi connectivity index (χ3n) is 4.09. The average molecular weight is 256 g/mol. The highest BCUT2D eigenvalue weighted by Gasteiger charge is 2.36. The maximum absolute atomic E-state index is 10.7. The van der Waals surface area contributed by atoms with E-state index in [2.05, 4.69) is 23.8 Å². The topological polar surface area (TPSA) is 58.9 Å². The van der Waals surface area contributed by atoms with Gasteiger partial charge in [-0.3, -0.25) is 0 Å². The molecule has 1 aromatic rings. The molecule has 0 aromatic heterocycles. The predicted octanol–water partition coefficient (Wildman–Crippen LogP) is 3.46. The van der Waals surface area contributed by atoms with E-state index in [9.17, 15) is 9.59 Å². The van der Waals surface area contributed by atoms with Crippen molar-refractivity contribution in [3.63, 3.8) is 0 Å². The van der Waals surface area contributed by atoms with Crippen LogP contribution in [0.25, 0.3) is 0 Å². The van der Waals surface area contributed by atoms with E-state index < -0.39 is 0 Å². The molecule has 0 aliphatic heterocycles. The number of benzene rings is 1. The Hall–Kier alpha value is -2.02. The summed E-state index contributed by atoms with van der Waals surface area (Å²) in [6.45, 7) is 8.02. The van der Waals surface area contributed by atoms with Crippen LogP contribution in [0.4, 0.5) is 11.4 Å². The molecule has 0 heterocycles. The smallest absolute Gasteiger partial charge is 0.211 e. The molecular formula is C15H16N2O2. The van der Waals surface area contributed by atoms with Gasteiger partial charge in [-0.25, -0.2) is 9.59 Å². The van der Waals surface area contributed by atoms with E-state index in [0.717, 1.165) is 35.1 Å². The summed E-state index contributed by atoms with van der Waals surface area (Å²) in [4.78, 5) is 29.1. The van der Waals surface area contributed by atoms with Crippen molar-refractivity contribution in [2.75, 3.05) is 0 Å². The molecule has 1 aromatic carbocycles. The first-order valence-corrected chi connectivity index (χ1v) is 6.26. The summed E-state index contributed by atoms with van der Waals surface area (Å²) in [5, 5.41) is 0. The van der Waals surface area contributed by atoms with Crippen LogP contribution in [0, 0.1) is 13.8 Å². The van der Waals surface area contributed by atoms with Gasteiger partial charge < -0.3 is 0 Å². The van der Waals surface area contributed by atoms with E-state index in [-0.39, 0.29) is 5.41 Å². The molecule has 0 saturated heterocycles. The van der Waals surface area contributed by atoms with E-state index in [1.807, 2.05) is 13.8 Å². The minimum Gasteiger partial charge on any atom is -0.211 e. The normalized spacial score (nSPS) is 15.4. The van der Waals surface area contributed by atoms with Crippen molar-refractivity contribution in [2.24, 2.45) is 9.98 Å². The fourth-order valence-electron chi connectivity index (χ4n) is 2.95. The quantitative estimate of drug-likeness (QED) is 0.601. The molecular weight excluding hydrogens is 240 g/mol. The molecule has 2 rings (SSSR count). The Labute approximate surface area is 112 Å². The lowest BCUT2D eigenvalue weighted by atomic mass is 9.83. The second kappa shape index (κ2) is 4.58. The molecule has 0 spiro atoms. The number of carbonyl (C=O) groups excluding carboxylic acids is 2. The van der Waals surface area contributed by atoms with Crippen LogP contribution in [0.15, 0.2) is 9.98 Å². The van der Waals surface area contributed by atoms with Gasteiger partial charge in [0.15, 0.2) is 0 Å². The van der Waals surface area contributed by atoms with Crippen molar-refractivity contribution < 1.29 is 9.59 Å². The fourth-order valence-corrected chi connectivity index (χ4v) is 2.95. The molecule has 0 N–H and O–H groups in total. The molecule has 0 atom stereocenters. The number of isocyanates is 2. The minimum atomic E-state index is -0.0728. The first-order chi connectivity index (χ1) is 8.94. The van der Waals surface area contributed by atoms with E-state index in [1.165, 1.54) is 0 Å². The zero-order chi connectivity index (χ0) is 14.2. The lowest BCUT2D eigenvalue weighted by Gasteiger charge is -2.23. The second-order valence-corrected chi connectivity index (χ2v) is 5.59. The minimum absolute atomic E-state index is 0.0728. The van der Waals surface area contributed by atoms with Crippen LogP contribution in [0.1, 0.15) is 42.5 Å². The number of aliphatic imine (C=N–C) groups is 2. The Morgan fingerprint density at radius 3 is 2.11 bits per heavy atom. The van der Waals surface area contributed by atoms with Gasteiger partial charge in [-0.15, -0.1) is 0 Å². The average Bonchev–Trinajstić information content (AvgIpc) is 2.66. The third kappa shape index (κ3) is 1.95. The molecule has 98 valence electrons. The van der Waals surface area contributed by atoms with Crippen LogP contribution in [-0.2, 0) is 21.4 Å². The number of rotatable bonds is 2. The van der Waals surface area contributed by atoms with Gasteiger partial charge in [-0.1, -0.05) is 13.8 Å². The van der Waals surface area contributed by atoms with E-state index in [4.69, 9.17) is 0 Å². The van der Waals surface area contributed by atoms with Gasteiger partial charge >= 0.3 is 0 Å². The lowest BCUT2D eigenvalue weighted by molar-refractivity contribution is 0.522. The Kier molecular flexibility index (Phi) is 3.23. The largest absolute Gasteiger partial charge is 0.240 e. The summed E-state index contributed by atoms with van der Waals surface area (Å²) >= 11 is 0. The molecule has 4 nitrogen and oxygen atoms in total. The van der Waals surface area contributed by atoms with Crippen molar-refractivity contribution in [1.82, 2.24) is 0 Å². The summed E-state index contributed by atoms with van der Waals surface area (Å²) in [5.41, 5.74) is 5.11. The van der Waals surface area contributed by atoms with E-state index in [1.54, 1.807) is 12.2 Å². The molecule has 0 bridgehead atoms. The van der Waals surface area contributed by atoms with Gasteiger partial charge in [-0.2, -0.15) is 9.98 Å². The molecule has 0 radical (unpaired) electrons. The van der Waals surface area contributed by atoms with Gasteiger partial charge in [0.05, 0.1) is 11.4 Å². The zero-order valence-electron chi connectivity index (χ0n) is 11.6. The Balaban J connectivity index is 2.95. The monoisotopic (exact) mass is 256 g/mol. The van der Waals surface area contributed by atoms with Gasteiger partial charge in [0, 0.05) is 0 Å². The Morgan fingerprint density at radius 2 is 1.53 bits per heavy atom. The molecule has 0 fully saturated rings. The van der Waals surface area contributed by atoms with Crippen molar-refractivity contribution in [2.45, 2.75) is 46.0 Å². The predicted molar refractivity (Wildman–Crippen MR) is 72.8 cm³/mol. The number of fused-ring (bicyclic) bond motifs is 1. The van der Waals surface area contributed by atoms with Gasteiger partial charge in [0.25, 0.3) is 0 Å². The number of nitrogens with zero attached hydrogens (tertiary/aromatic N) is 2. The van der Waals surface area contributed by atoms with Crippen molar-refractivity contribution >= 4 is 23.5 Å². The molecule has 1 aliphatic rings. The fraction of sp³-hybridized carbons (Fsp3) is 0.467. The number of hydrogen-bond acceptors (Lipinski definition) is 4. The highest BCUT2D eigenvalue weighted by atomic mass is 16.1. The van der Waals surface area contributed by atoms with Gasteiger partial charge in [-0.05, 0) is 54.4 Å². The summed E-state index contributed by atoms with van der Waals surface area (Å²) in [5.74, 6) is 0. The summed E-state index contributed by atoms with van der Waals surface area (Å²) in [6, 6.07) is 0. The summed E-state index contributed by atoms with van der Waals surface area (Å²) in [7, 11) is 0. The number of hydrogen-bond donors (Lipinski definition) is 0. The van der Waals surface area contributed by atoms with Crippen molar-refractivity contribution in [3.05, 3.63) is 22.3 Å². The highest BCUT2D eigenvalue weighted by Crippen LogP contribution is 2.50. The van der Waals surface area contributed by atoms with Crippen LogP contribution in [0.5, 0.6) is 0 Å². The van der Waals surface area contributed by atoms with Crippen LogP contribution < -0.4 is 0 Å². The lowest BCUT2D eigenvalue weighted by Crippen LogP contribution is -2.13. The standard InChI is InChI=1S/C15H16N2O2/c1-9-10(2)14(17-8-19)12-11(13(9)16-7-18)5-6-15(12,3)4/h5-6H2,1-4H3. The Morgan fingerprint density at radius 1 is 1.00 bits per heavy atom. The summed E-state index contributed by atoms with van der Waals surface area (Å²) < 4.78 is 0. The second-order valence-electron chi connectivity index (χ2n) is 5.59. The van der Waals surface area contributed by atoms with Crippen LogP contribution in [0.2, 0.25) is 0 Å². The highest BCUT2D eigenvalue weighted by molar-refractivity contribution is 5.75. The molecule has 4 heteroatoms. The van der Waals surface area contributed by atoms with Crippen LogP contribution >= 0.6 is 0 Å². The molecule has 0 saturated carbocycles. The van der Waals surface area contributed by atoms with Crippen LogP contribution in [0.3, 0.4) is 0 Å². The van der Waals surface area contributed by atoms with Crippen molar-refractivity contribution in [3.8, 4) is 0 Å². The van der Waals surface area contributed by atoms with Crippen LogP contribution in [-0.4, -0.2) is 12.2 Å².